The highest BCUT2D eigenvalue weighted by Crippen LogP contribution is 2.25. The molecule has 0 amide bonds. The van der Waals surface area contributed by atoms with E-state index < -0.39 is 0 Å². The molecule has 0 heterocycles. The van der Waals surface area contributed by atoms with Crippen molar-refractivity contribution in [2.75, 3.05) is 20.8 Å². The number of ether oxygens (including phenoxy) is 3. The molecule has 1 rings (SSSR count). The number of benzene rings is 1. The predicted molar refractivity (Wildman–Crippen MR) is 60.2 cm³/mol. The van der Waals surface area contributed by atoms with Crippen LogP contribution in [0.2, 0.25) is 0 Å². The third-order valence-corrected chi connectivity index (χ3v) is 1.98. The van der Waals surface area contributed by atoms with Gasteiger partial charge in [-0.3, -0.25) is 0 Å². The Morgan fingerprint density at radius 2 is 2.12 bits per heavy atom. The number of hydrogen-bond donors (Lipinski definition) is 0. The maximum absolute atomic E-state index is 9.80. The van der Waals surface area contributed by atoms with Gasteiger partial charge in [-0.15, -0.1) is 0 Å². The SMILES string of the molecule is COc1ccc(/C=C/CO[C]=O)c(OC)c1. The van der Waals surface area contributed by atoms with Crippen LogP contribution in [-0.2, 0) is 9.53 Å². The summed E-state index contributed by atoms with van der Waals surface area (Å²) in [6.45, 7) is 1.54. The van der Waals surface area contributed by atoms with Crippen LogP contribution in [-0.4, -0.2) is 27.3 Å². The lowest BCUT2D eigenvalue weighted by atomic mass is 10.2. The van der Waals surface area contributed by atoms with E-state index in [1.165, 1.54) is 6.47 Å². The summed E-state index contributed by atoms with van der Waals surface area (Å²) < 4.78 is 14.7. The lowest BCUT2D eigenvalue weighted by molar-refractivity contribution is 0.314. The van der Waals surface area contributed by atoms with Gasteiger partial charge < -0.3 is 14.2 Å². The first-order valence-electron chi connectivity index (χ1n) is 4.69. The van der Waals surface area contributed by atoms with Crippen molar-refractivity contribution < 1.29 is 19.0 Å². The summed E-state index contributed by atoms with van der Waals surface area (Å²) in [6.07, 6.45) is 3.50. The highest BCUT2D eigenvalue weighted by molar-refractivity contribution is 5.59. The second-order valence-corrected chi connectivity index (χ2v) is 2.90. The highest BCUT2D eigenvalue weighted by atomic mass is 16.5. The van der Waals surface area contributed by atoms with E-state index in [-0.39, 0.29) is 6.61 Å². The molecule has 0 aliphatic rings. The van der Waals surface area contributed by atoms with Gasteiger partial charge >= 0.3 is 6.47 Å². The van der Waals surface area contributed by atoms with E-state index in [0.717, 1.165) is 11.3 Å². The summed E-state index contributed by atoms with van der Waals surface area (Å²) >= 11 is 0. The zero-order chi connectivity index (χ0) is 11.8. The molecule has 1 aromatic carbocycles. The smallest absolute Gasteiger partial charge is 0.417 e. The second kappa shape index (κ2) is 6.50. The van der Waals surface area contributed by atoms with Gasteiger partial charge in [0.2, 0.25) is 0 Å². The number of hydrogen-bond acceptors (Lipinski definition) is 4. The Kier molecular flexibility index (Phi) is 4.92. The first-order chi connectivity index (χ1) is 7.81. The van der Waals surface area contributed by atoms with Crippen LogP contribution in [0.3, 0.4) is 0 Å². The Balaban J connectivity index is 2.78. The summed E-state index contributed by atoms with van der Waals surface area (Å²) in [4.78, 5) is 9.80. The zero-order valence-electron chi connectivity index (χ0n) is 9.23. The maximum atomic E-state index is 9.80. The molecule has 0 aliphatic heterocycles. The van der Waals surface area contributed by atoms with E-state index in [0.29, 0.717) is 5.75 Å². The molecule has 1 radical (unpaired) electrons. The fourth-order valence-electron chi connectivity index (χ4n) is 1.21. The molecule has 1 aromatic rings. The van der Waals surface area contributed by atoms with Crippen LogP contribution in [0.5, 0.6) is 11.5 Å². The molecule has 0 spiro atoms. The second-order valence-electron chi connectivity index (χ2n) is 2.90. The van der Waals surface area contributed by atoms with Crippen LogP contribution in [0.1, 0.15) is 5.56 Å². The van der Waals surface area contributed by atoms with Crippen LogP contribution >= 0.6 is 0 Å². The van der Waals surface area contributed by atoms with Crippen molar-refractivity contribution in [3.63, 3.8) is 0 Å². The van der Waals surface area contributed by atoms with Gasteiger partial charge in [-0.2, -0.15) is 0 Å². The van der Waals surface area contributed by atoms with Crippen LogP contribution in [0.25, 0.3) is 6.08 Å². The minimum absolute atomic E-state index is 0.193. The summed E-state index contributed by atoms with van der Waals surface area (Å²) in [6, 6.07) is 5.47. The summed E-state index contributed by atoms with van der Waals surface area (Å²) in [5, 5.41) is 0. The van der Waals surface area contributed by atoms with Crippen molar-refractivity contribution in [1.82, 2.24) is 0 Å². The third kappa shape index (κ3) is 3.31. The maximum Gasteiger partial charge on any atom is 0.417 e. The van der Waals surface area contributed by atoms with E-state index in [9.17, 15) is 4.79 Å². The van der Waals surface area contributed by atoms with E-state index >= 15 is 0 Å². The monoisotopic (exact) mass is 221 g/mol. The van der Waals surface area contributed by atoms with Gasteiger partial charge in [-0.05, 0) is 18.2 Å². The van der Waals surface area contributed by atoms with E-state index in [4.69, 9.17) is 9.47 Å². The largest absolute Gasteiger partial charge is 0.497 e. The summed E-state index contributed by atoms with van der Waals surface area (Å²) in [5.74, 6) is 1.43. The molecule has 0 saturated heterocycles. The Hall–Kier alpha value is -1.97. The van der Waals surface area contributed by atoms with Gasteiger partial charge in [0, 0.05) is 11.6 Å². The number of methoxy groups -OCH3 is 2. The standard InChI is InChI=1S/C12H13O4/c1-14-11-6-5-10(12(8-11)15-2)4-3-7-16-9-13/h3-6,8H,7H2,1-2H3/b4-3+. The van der Waals surface area contributed by atoms with Crippen LogP contribution in [0, 0.1) is 0 Å². The summed E-state index contributed by atoms with van der Waals surface area (Å²) in [5.41, 5.74) is 0.887. The molecule has 0 saturated carbocycles. The van der Waals surface area contributed by atoms with Crippen LogP contribution in [0.4, 0.5) is 0 Å². The molecule has 0 bridgehead atoms. The van der Waals surface area contributed by atoms with Crippen molar-refractivity contribution in [3.8, 4) is 11.5 Å². The highest BCUT2D eigenvalue weighted by Gasteiger charge is 2.01. The molecule has 85 valence electrons. The first-order valence-corrected chi connectivity index (χ1v) is 4.69. The fourth-order valence-corrected chi connectivity index (χ4v) is 1.21. The summed E-state index contributed by atoms with van der Waals surface area (Å²) in [7, 11) is 3.18. The lowest BCUT2D eigenvalue weighted by Crippen LogP contribution is -1.90. The van der Waals surface area contributed by atoms with Crippen LogP contribution < -0.4 is 9.47 Å². The molecule has 0 unspecified atom stereocenters. The number of carbonyl (C=O) groups excluding carboxylic acids is 1. The topological polar surface area (TPSA) is 44.8 Å². The first kappa shape index (κ1) is 12.1. The Morgan fingerprint density at radius 3 is 2.75 bits per heavy atom. The molecule has 0 aliphatic carbocycles. The van der Waals surface area contributed by atoms with Gasteiger partial charge in [-0.25, -0.2) is 4.79 Å². The Morgan fingerprint density at radius 1 is 1.31 bits per heavy atom. The van der Waals surface area contributed by atoms with Gasteiger partial charge in [0.25, 0.3) is 0 Å². The molecule has 0 atom stereocenters. The molecule has 0 N–H and O–H groups in total. The van der Waals surface area contributed by atoms with E-state index in [2.05, 4.69) is 4.74 Å². The molecule has 16 heavy (non-hydrogen) atoms. The number of rotatable bonds is 6. The van der Waals surface area contributed by atoms with Crippen molar-refractivity contribution in [2.45, 2.75) is 0 Å². The molecule has 0 aromatic heterocycles. The molecular weight excluding hydrogens is 208 g/mol. The average Bonchev–Trinajstić information content (AvgIpc) is 2.34. The van der Waals surface area contributed by atoms with Crippen molar-refractivity contribution in [1.29, 1.82) is 0 Å². The average molecular weight is 221 g/mol. The fraction of sp³-hybridized carbons (Fsp3) is 0.250. The van der Waals surface area contributed by atoms with E-state index in [1.807, 2.05) is 12.1 Å². The molecular formula is C12H13O4. The third-order valence-electron chi connectivity index (χ3n) is 1.98. The minimum atomic E-state index is 0.193. The lowest BCUT2D eigenvalue weighted by Gasteiger charge is -2.07. The quantitative estimate of drug-likeness (QED) is 0.687. The zero-order valence-corrected chi connectivity index (χ0v) is 9.23. The molecule has 4 nitrogen and oxygen atoms in total. The van der Waals surface area contributed by atoms with Crippen molar-refractivity contribution in [3.05, 3.63) is 29.8 Å². The van der Waals surface area contributed by atoms with E-state index in [1.54, 1.807) is 32.4 Å². The van der Waals surface area contributed by atoms with Gasteiger partial charge in [0.1, 0.15) is 18.1 Å². The molecule has 0 fully saturated rings. The normalized spacial score (nSPS) is 10.1. The Bertz CT molecular complexity index is 371. The van der Waals surface area contributed by atoms with Crippen molar-refractivity contribution in [2.24, 2.45) is 0 Å². The Labute approximate surface area is 94.4 Å². The minimum Gasteiger partial charge on any atom is -0.497 e. The molecule has 4 heteroatoms. The van der Waals surface area contributed by atoms with Gasteiger partial charge in [0.05, 0.1) is 14.2 Å². The predicted octanol–water partition coefficient (Wildman–Crippen LogP) is 1.80. The van der Waals surface area contributed by atoms with Crippen LogP contribution in [0.15, 0.2) is 24.3 Å². The van der Waals surface area contributed by atoms with Gasteiger partial charge in [-0.1, -0.05) is 6.08 Å². The van der Waals surface area contributed by atoms with Crippen molar-refractivity contribution >= 4 is 12.5 Å². The van der Waals surface area contributed by atoms with Gasteiger partial charge in [0.15, 0.2) is 0 Å².